The van der Waals surface area contributed by atoms with Crippen LogP contribution in [0.25, 0.3) is 11.2 Å². The molecule has 2 aromatic heterocycles. The molecule has 1 aliphatic carbocycles. The minimum atomic E-state index is -0.724. The largest absolute Gasteiger partial charge is 0.468 e. The second kappa shape index (κ2) is 13.3. The van der Waals surface area contributed by atoms with Gasteiger partial charge in [0.1, 0.15) is 31.6 Å². The standard InChI is InChI=1S/C28H35N7O7/c1-28(2,3)42-27(39)32-19-11-8-12-20(19)35(14-22(37)40-4)21(36)13-34-17-31-23-24(29-16-30-25(23)34)33-26(38)41-15-18-9-6-5-7-10-18/h5-7,9-10,16-17,19-20H,8,11-15H2,1-4H3,(H,32,39)(H,29,30,33,38)/t19-,20-/m0/s1. The molecule has 1 aliphatic rings. The molecule has 0 unspecified atom stereocenters. The maximum atomic E-state index is 13.6. The van der Waals surface area contributed by atoms with E-state index in [9.17, 15) is 19.2 Å². The van der Waals surface area contributed by atoms with Gasteiger partial charge in [-0.05, 0) is 45.6 Å². The fourth-order valence-corrected chi connectivity index (χ4v) is 4.72. The summed E-state index contributed by atoms with van der Waals surface area (Å²) in [6.45, 7) is 4.86. The zero-order chi connectivity index (χ0) is 30.3. The van der Waals surface area contributed by atoms with Crippen LogP contribution >= 0.6 is 0 Å². The molecule has 1 fully saturated rings. The van der Waals surface area contributed by atoms with Crippen molar-refractivity contribution < 1.29 is 33.4 Å². The minimum absolute atomic E-state index is 0.0742. The summed E-state index contributed by atoms with van der Waals surface area (Å²) in [7, 11) is 1.25. The van der Waals surface area contributed by atoms with Gasteiger partial charge in [0, 0.05) is 0 Å². The Kier molecular flexibility index (Phi) is 9.55. The Bertz CT molecular complexity index is 1420. The van der Waals surface area contributed by atoms with Crippen molar-refractivity contribution >= 4 is 41.0 Å². The second-order valence-corrected chi connectivity index (χ2v) is 10.8. The van der Waals surface area contributed by atoms with E-state index in [0.29, 0.717) is 18.5 Å². The summed E-state index contributed by atoms with van der Waals surface area (Å²) in [5, 5.41) is 5.41. The van der Waals surface area contributed by atoms with Gasteiger partial charge in [0.2, 0.25) is 5.91 Å². The first kappa shape index (κ1) is 30.2. The topological polar surface area (TPSA) is 167 Å². The Hall–Kier alpha value is -4.75. The van der Waals surface area contributed by atoms with Crippen molar-refractivity contribution in [1.82, 2.24) is 29.7 Å². The quantitative estimate of drug-likeness (QED) is 0.283. The Morgan fingerprint density at radius 2 is 1.81 bits per heavy atom. The second-order valence-electron chi connectivity index (χ2n) is 10.8. The molecule has 0 aliphatic heterocycles. The highest BCUT2D eigenvalue weighted by Gasteiger charge is 2.37. The molecule has 0 radical (unpaired) electrons. The molecule has 3 aromatic rings. The van der Waals surface area contributed by atoms with Gasteiger partial charge in [-0.25, -0.2) is 24.5 Å². The average Bonchev–Trinajstić information content (AvgIpc) is 3.57. The molecule has 224 valence electrons. The number of hydrogen-bond acceptors (Lipinski definition) is 10. The smallest absolute Gasteiger partial charge is 0.413 e. The Balaban J connectivity index is 1.47. The van der Waals surface area contributed by atoms with E-state index in [2.05, 4.69) is 25.6 Å². The number of hydrogen-bond donors (Lipinski definition) is 2. The van der Waals surface area contributed by atoms with Crippen molar-refractivity contribution in [2.75, 3.05) is 19.0 Å². The van der Waals surface area contributed by atoms with Gasteiger partial charge in [-0.3, -0.25) is 14.9 Å². The molecule has 14 heteroatoms. The SMILES string of the molecule is COC(=O)CN(C(=O)Cn1cnc2c(NC(=O)OCc3ccccc3)ncnc21)[C@H]1CCC[C@@H]1NC(=O)OC(C)(C)C. The van der Waals surface area contributed by atoms with Gasteiger partial charge >= 0.3 is 18.2 Å². The third-order valence-corrected chi connectivity index (χ3v) is 6.57. The van der Waals surface area contributed by atoms with E-state index in [-0.39, 0.29) is 31.0 Å². The number of nitrogens with zero attached hydrogens (tertiary/aromatic N) is 5. The minimum Gasteiger partial charge on any atom is -0.468 e. The van der Waals surface area contributed by atoms with Crippen molar-refractivity contribution in [2.24, 2.45) is 0 Å². The predicted octanol–water partition coefficient (Wildman–Crippen LogP) is 3.02. The highest BCUT2D eigenvalue weighted by atomic mass is 16.6. The Morgan fingerprint density at radius 1 is 1.05 bits per heavy atom. The van der Waals surface area contributed by atoms with E-state index in [1.165, 1.54) is 29.2 Å². The normalized spacial score (nSPS) is 16.5. The summed E-state index contributed by atoms with van der Waals surface area (Å²) >= 11 is 0. The number of amides is 3. The Morgan fingerprint density at radius 3 is 2.52 bits per heavy atom. The lowest BCUT2D eigenvalue weighted by Gasteiger charge is -2.33. The summed E-state index contributed by atoms with van der Waals surface area (Å²) in [5.41, 5.74) is 0.693. The van der Waals surface area contributed by atoms with Crippen LogP contribution in [0.4, 0.5) is 15.4 Å². The van der Waals surface area contributed by atoms with E-state index in [1.54, 1.807) is 20.8 Å². The number of nitrogens with one attached hydrogen (secondary N) is 2. The zero-order valence-electron chi connectivity index (χ0n) is 24.0. The van der Waals surface area contributed by atoms with Gasteiger partial charge in [-0.1, -0.05) is 30.3 Å². The summed E-state index contributed by atoms with van der Waals surface area (Å²) in [6, 6.07) is 8.35. The molecule has 14 nitrogen and oxygen atoms in total. The zero-order valence-corrected chi connectivity index (χ0v) is 24.0. The van der Waals surface area contributed by atoms with Gasteiger partial charge in [0.25, 0.3) is 0 Å². The number of benzene rings is 1. The monoisotopic (exact) mass is 581 g/mol. The van der Waals surface area contributed by atoms with Crippen LogP contribution in [-0.4, -0.2) is 79.8 Å². The van der Waals surface area contributed by atoms with Gasteiger partial charge in [-0.2, -0.15) is 0 Å². The maximum absolute atomic E-state index is 13.6. The number of carbonyl (C=O) groups is 4. The first-order chi connectivity index (χ1) is 20.0. The van der Waals surface area contributed by atoms with Crippen molar-refractivity contribution in [1.29, 1.82) is 0 Å². The number of rotatable bonds is 9. The molecule has 0 bridgehead atoms. The van der Waals surface area contributed by atoms with Crippen LogP contribution in [0.5, 0.6) is 0 Å². The highest BCUT2D eigenvalue weighted by Crippen LogP contribution is 2.26. The number of fused-ring (bicyclic) bond motifs is 1. The van der Waals surface area contributed by atoms with Crippen molar-refractivity contribution in [3.63, 3.8) is 0 Å². The first-order valence-corrected chi connectivity index (χ1v) is 13.5. The van der Waals surface area contributed by atoms with Crippen molar-refractivity contribution in [2.45, 2.75) is 70.9 Å². The number of alkyl carbamates (subject to hydrolysis) is 1. The molecule has 2 heterocycles. The molecule has 3 amide bonds. The van der Waals surface area contributed by atoms with Crippen molar-refractivity contribution in [3.8, 4) is 0 Å². The number of ether oxygens (including phenoxy) is 3. The van der Waals surface area contributed by atoms with E-state index in [4.69, 9.17) is 14.2 Å². The van der Waals surface area contributed by atoms with Gasteiger partial charge in [0.15, 0.2) is 17.0 Å². The van der Waals surface area contributed by atoms with Gasteiger partial charge < -0.3 is 29.0 Å². The predicted molar refractivity (Wildman–Crippen MR) is 150 cm³/mol. The van der Waals surface area contributed by atoms with E-state index >= 15 is 0 Å². The number of carbonyl (C=O) groups excluding carboxylic acids is 4. The lowest BCUT2D eigenvalue weighted by molar-refractivity contribution is -0.149. The van der Waals surface area contributed by atoms with Gasteiger partial charge in [-0.15, -0.1) is 0 Å². The molecule has 0 spiro atoms. The van der Waals surface area contributed by atoms with Crippen LogP contribution < -0.4 is 10.6 Å². The molecule has 2 atom stereocenters. The summed E-state index contributed by atoms with van der Waals surface area (Å²) < 4.78 is 17.0. The fraction of sp³-hybridized carbons (Fsp3) is 0.464. The van der Waals surface area contributed by atoms with E-state index in [0.717, 1.165) is 12.0 Å². The van der Waals surface area contributed by atoms with Crippen LogP contribution in [0.3, 0.4) is 0 Å². The maximum Gasteiger partial charge on any atom is 0.413 e. The molecule has 1 saturated carbocycles. The highest BCUT2D eigenvalue weighted by molar-refractivity contribution is 5.93. The molecule has 2 N–H and O–H groups in total. The number of esters is 1. The van der Waals surface area contributed by atoms with Gasteiger partial charge in [0.05, 0.1) is 25.5 Å². The van der Waals surface area contributed by atoms with E-state index in [1.807, 2.05) is 30.3 Å². The van der Waals surface area contributed by atoms with Crippen molar-refractivity contribution in [3.05, 3.63) is 48.5 Å². The number of aromatic nitrogens is 4. The first-order valence-electron chi connectivity index (χ1n) is 13.5. The van der Waals surface area contributed by atoms with Crippen LogP contribution in [0.15, 0.2) is 43.0 Å². The average molecular weight is 582 g/mol. The molecule has 4 rings (SSSR count). The fourth-order valence-electron chi connectivity index (χ4n) is 4.72. The summed E-state index contributed by atoms with van der Waals surface area (Å²) in [6.07, 6.45) is 3.26. The van der Waals surface area contributed by atoms with Crippen LogP contribution in [0.1, 0.15) is 45.6 Å². The number of methoxy groups -OCH3 is 1. The molecular weight excluding hydrogens is 546 g/mol. The Labute approximate surface area is 242 Å². The number of imidazole rings is 1. The lowest BCUT2D eigenvalue weighted by atomic mass is 10.1. The summed E-state index contributed by atoms with van der Waals surface area (Å²) in [4.78, 5) is 64.8. The van der Waals surface area contributed by atoms with Crippen LogP contribution in [0, 0.1) is 0 Å². The van der Waals surface area contributed by atoms with E-state index < -0.39 is 41.7 Å². The van der Waals surface area contributed by atoms with Crippen LogP contribution in [-0.2, 0) is 37.0 Å². The third kappa shape index (κ3) is 7.92. The molecule has 42 heavy (non-hydrogen) atoms. The lowest BCUT2D eigenvalue weighted by Crippen LogP contribution is -2.53. The molecule has 0 saturated heterocycles. The van der Waals surface area contributed by atoms with Crippen LogP contribution in [0.2, 0.25) is 0 Å². The summed E-state index contributed by atoms with van der Waals surface area (Å²) in [5.74, 6) is -0.879. The molecular formula is C28H35N7O7. The molecule has 1 aromatic carbocycles. The number of anilines is 1. The third-order valence-electron chi connectivity index (χ3n) is 6.57.